The molecule has 0 aromatic rings. The van der Waals surface area contributed by atoms with Crippen molar-refractivity contribution < 1.29 is 9.84 Å². The fraction of sp³-hybridized carbons (Fsp3) is 0.917. The van der Waals surface area contributed by atoms with E-state index in [1.165, 1.54) is 51.8 Å². The maximum atomic E-state index is 11.1. The molecule has 0 aliphatic carbocycles. The van der Waals surface area contributed by atoms with Gasteiger partial charge in [-0.2, -0.15) is 0 Å². The molecule has 0 bridgehead atoms. The van der Waals surface area contributed by atoms with Crippen molar-refractivity contribution in [3.05, 3.63) is 10.2 Å². The standard InChI is InChI=1S/C12H22NO2.3C4H9.Sn/c1-4-8-15-12-9-13(3)7-6-10(12)11(14)5-2;3*1-3-4-2;/h2,5,10-12,14H,4,6-9H2,1,3H3;3*1,3-4H2,2H3;. The topological polar surface area (TPSA) is 32.7 Å². The van der Waals surface area contributed by atoms with Gasteiger partial charge in [0.1, 0.15) is 0 Å². The van der Waals surface area contributed by atoms with Crippen molar-refractivity contribution in [2.75, 3.05) is 26.7 Å². The molecule has 0 radical (unpaired) electrons. The van der Waals surface area contributed by atoms with Crippen molar-refractivity contribution in [1.29, 1.82) is 0 Å². The zero-order chi connectivity index (χ0) is 20.8. The van der Waals surface area contributed by atoms with Crippen LogP contribution >= 0.6 is 0 Å². The molecule has 0 amide bonds. The van der Waals surface area contributed by atoms with Gasteiger partial charge in [0, 0.05) is 0 Å². The summed E-state index contributed by atoms with van der Waals surface area (Å²) in [6.07, 6.45) is 12.2. The first-order valence-electron chi connectivity index (χ1n) is 12.2. The molecule has 0 aromatic heterocycles. The van der Waals surface area contributed by atoms with Crippen LogP contribution in [0.3, 0.4) is 0 Å². The minimum absolute atomic E-state index is 0.171. The molecule has 166 valence electrons. The second kappa shape index (κ2) is 15.3. The maximum absolute atomic E-state index is 11.1. The van der Waals surface area contributed by atoms with Gasteiger partial charge in [0.15, 0.2) is 0 Å². The van der Waals surface area contributed by atoms with Crippen molar-refractivity contribution >= 4 is 18.4 Å². The quantitative estimate of drug-likeness (QED) is 0.277. The molecule has 0 spiro atoms. The molecule has 1 N–H and O–H groups in total. The molecule has 3 unspecified atom stereocenters. The number of hydrogen-bond donors (Lipinski definition) is 1. The van der Waals surface area contributed by atoms with Crippen molar-refractivity contribution in [2.45, 2.75) is 105 Å². The van der Waals surface area contributed by atoms with E-state index in [0.29, 0.717) is 0 Å². The third-order valence-corrected chi connectivity index (χ3v) is 20.6. The number of likely N-dealkylation sites (N-methyl/N-ethyl adjacent to an activating group) is 1. The van der Waals surface area contributed by atoms with Gasteiger partial charge in [-0.05, 0) is 0 Å². The minimum atomic E-state index is -2.31. The van der Waals surface area contributed by atoms with Gasteiger partial charge in [0.25, 0.3) is 0 Å². The third kappa shape index (κ3) is 9.49. The zero-order valence-electron chi connectivity index (χ0n) is 19.6. The summed E-state index contributed by atoms with van der Waals surface area (Å²) in [5.74, 6) is 0.256. The van der Waals surface area contributed by atoms with E-state index in [0.717, 1.165) is 32.5 Å². The number of piperidine rings is 1. The van der Waals surface area contributed by atoms with Crippen molar-refractivity contribution in [3.8, 4) is 0 Å². The summed E-state index contributed by atoms with van der Waals surface area (Å²) in [4.78, 5) is 2.35. The molecule has 1 rings (SSSR count). The molecule has 3 nitrogen and oxygen atoms in total. The van der Waals surface area contributed by atoms with Crippen LogP contribution in [0.2, 0.25) is 13.3 Å². The van der Waals surface area contributed by atoms with Crippen molar-refractivity contribution in [3.63, 3.8) is 0 Å². The molecule has 4 heteroatoms. The Kier molecular flexibility index (Phi) is 14.4. The number of hydrogen-bond acceptors (Lipinski definition) is 3. The summed E-state index contributed by atoms with van der Waals surface area (Å²) in [5.41, 5.74) is 0. The number of nitrogens with zero attached hydrogens (tertiary/aromatic N) is 1. The predicted molar refractivity (Wildman–Crippen MR) is 126 cm³/mol. The zero-order valence-corrected chi connectivity index (χ0v) is 22.4. The third-order valence-electron chi connectivity index (χ3n) is 6.52. The SMILES string of the molecule is CCC[CH2][Sn]([CH]=CC(O)C1CCN(C)CC1OCCC)([CH2]CCC)[CH2]CCC. The number of unbranched alkanes of at least 4 members (excludes halogenated alkanes) is 3. The van der Waals surface area contributed by atoms with Crippen LogP contribution in [-0.2, 0) is 4.74 Å². The first kappa shape index (κ1) is 26.5. The molecule has 1 aliphatic rings. The van der Waals surface area contributed by atoms with Crippen LogP contribution in [0.1, 0.15) is 79.1 Å². The summed E-state index contributed by atoms with van der Waals surface area (Å²) in [7, 11) is 2.17. The van der Waals surface area contributed by atoms with E-state index in [9.17, 15) is 5.11 Å². The van der Waals surface area contributed by atoms with Gasteiger partial charge < -0.3 is 0 Å². The Morgan fingerprint density at radius 1 is 1.00 bits per heavy atom. The molecule has 0 aromatic carbocycles. The van der Waals surface area contributed by atoms with Crippen molar-refractivity contribution in [2.24, 2.45) is 5.92 Å². The van der Waals surface area contributed by atoms with E-state index in [4.69, 9.17) is 4.74 Å². The molecule has 0 saturated carbocycles. The van der Waals surface area contributed by atoms with Gasteiger partial charge in [0.05, 0.1) is 0 Å². The van der Waals surface area contributed by atoms with E-state index < -0.39 is 18.4 Å². The summed E-state index contributed by atoms with van der Waals surface area (Å²) in [6.45, 7) is 12.0. The number of ether oxygens (including phenoxy) is 1. The number of rotatable bonds is 15. The van der Waals surface area contributed by atoms with Crippen LogP contribution in [0, 0.1) is 5.92 Å². The van der Waals surface area contributed by atoms with Crippen LogP contribution in [0.5, 0.6) is 0 Å². The van der Waals surface area contributed by atoms with E-state index in [1.54, 1.807) is 0 Å². The van der Waals surface area contributed by atoms with Crippen LogP contribution in [0.25, 0.3) is 0 Å². The van der Waals surface area contributed by atoms with Crippen LogP contribution in [0.4, 0.5) is 0 Å². The molecule has 1 aliphatic heterocycles. The number of likely N-dealkylation sites (tertiary alicyclic amines) is 1. The van der Waals surface area contributed by atoms with Gasteiger partial charge in [-0.3, -0.25) is 0 Å². The Morgan fingerprint density at radius 3 is 2.07 bits per heavy atom. The monoisotopic (exact) mass is 503 g/mol. The first-order valence-corrected chi connectivity index (χ1v) is 19.9. The Balaban J connectivity index is 2.89. The summed E-state index contributed by atoms with van der Waals surface area (Å²) < 4.78 is 13.2. The molecule has 1 heterocycles. The van der Waals surface area contributed by atoms with E-state index in [1.807, 2.05) is 0 Å². The predicted octanol–water partition coefficient (Wildman–Crippen LogP) is 6.04. The number of aliphatic hydroxyl groups is 1. The van der Waals surface area contributed by atoms with E-state index in [2.05, 4.69) is 49.8 Å². The Hall–Kier alpha value is 0.419. The van der Waals surface area contributed by atoms with Gasteiger partial charge in [-0.15, -0.1) is 0 Å². The molecular weight excluding hydrogens is 453 g/mol. The second-order valence-electron chi connectivity index (χ2n) is 9.15. The molecule has 1 fully saturated rings. The fourth-order valence-electron chi connectivity index (χ4n) is 4.58. The Labute approximate surface area is 180 Å². The molecule has 3 atom stereocenters. The second-order valence-corrected chi connectivity index (χ2v) is 22.2. The summed E-state index contributed by atoms with van der Waals surface area (Å²) in [5, 5.41) is 11.1. The Bertz CT molecular complexity index is 394. The summed E-state index contributed by atoms with van der Waals surface area (Å²) in [6, 6.07) is 0. The van der Waals surface area contributed by atoms with E-state index >= 15 is 0 Å². The van der Waals surface area contributed by atoms with Gasteiger partial charge in [0.2, 0.25) is 0 Å². The number of aliphatic hydroxyl groups excluding tert-OH is 1. The molecule has 1 saturated heterocycles. The van der Waals surface area contributed by atoms with Crippen LogP contribution in [0.15, 0.2) is 10.2 Å². The van der Waals surface area contributed by atoms with Crippen LogP contribution in [-0.4, -0.2) is 67.3 Å². The van der Waals surface area contributed by atoms with Crippen molar-refractivity contribution in [1.82, 2.24) is 4.90 Å². The van der Waals surface area contributed by atoms with Gasteiger partial charge >= 0.3 is 181 Å². The average molecular weight is 502 g/mol. The average Bonchev–Trinajstić information content (AvgIpc) is 2.71. The van der Waals surface area contributed by atoms with E-state index in [-0.39, 0.29) is 18.1 Å². The molecule has 28 heavy (non-hydrogen) atoms. The first-order chi connectivity index (χ1) is 13.5. The van der Waals surface area contributed by atoms with Gasteiger partial charge in [-0.1, -0.05) is 0 Å². The normalized spacial score (nSPS) is 22.8. The Morgan fingerprint density at radius 2 is 1.57 bits per heavy atom. The van der Waals surface area contributed by atoms with Gasteiger partial charge in [-0.25, -0.2) is 0 Å². The molecular formula is C24H49NO2Sn. The van der Waals surface area contributed by atoms with Crippen LogP contribution < -0.4 is 0 Å². The fourth-order valence-corrected chi connectivity index (χ4v) is 18.9. The summed E-state index contributed by atoms with van der Waals surface area (Å²) >= 11 is -2.31.